The van der Waals surface area contributed by atoms with Crippen LogP contribution in [0.1, 0.15) is 45.4 Å². The highest BCUT2D eigenvalue weighted by Gasteiger charge is 2.22. The molecule has 1 rings (SSSR count). The summed E-state index contributed by atoms with van der Waals surface area (Å²) in [6.07, 6.45) is 6.26. The normalized spacial score (nSPS) is 16.4. The third kappa shape index (κ3) is 7.24. The van der Waals surface area contributed by atoms with E-state index in [4.69, 9.17) is 4.74 Å². The molecule has 0 atom stereocenters. The van der Waals surface area contributed by atoms with Gasteiger partial charge in [-0.2, -0.15) is 0 Å². The highest BCUT2D eigenvalue weighted by atomic mass is 32.2. The number of nitrogens with zero attached hydrogens (tertiary/aromatic N) is 1. The van der Waals surface area contributed by atoms with Crippen molar-refractivity contribution in [3.05, 3.63) is 0 Å². The minimum atomic E-state index is -3.25. The Kier molecular flexibility index (Phi) is 8.14. The molecular formula is C14H27NO4S. The molecule has 0 N–H and O–H groups in total. The van der Waals surface area contributed by atoms with E-state index in [9.17, 15) is 13.2 Å². The Labute approximate surface area is 122 Å². The molecule has 0 spiro atoms. The van der Waals surface area contributed by atoms with E-state index in [2.05, 4.69) is 6.92 Å². The second-order valence-electron chi connectivity index (χ2n) is 5.35. The van der Waals surface area contributed by atoms with Crippen molar-refractivity contribution in [2.24, 2.45) is 0 Å². The van der Waals surface area contributed by atoms with E-state index >= 15 is 0 Å². The van der Waals surface area contributed by atoms with Crippen LogP contribution in [-0.2, 0) is 19.4 Å². The van der Waals surface area contributed by atoms with Crippen molar-refractivity contribution in [1.82, 2.24) is 4.90 Å². The van der Waals surface area contributed by atoms with Gasteiger partial charge >= 0.3 is 0 Å². The van der Waals surface area contributed by atoms with Gasteiger partial charge < -0.3 is 9.64 Å². The number of carbonyl (C=O) groups is 1. The van der Waals surface area contributed by atoms with Gasteiger partial charge in [-0.05, 0) is 6.42 Å². The summed E-state index contributed by atoms with van der Waals surface area (Å²) in [5, 5.41) is 0. The number of sulfone groups is 1. The van der Waals surface area contributed by atoms with Crippen LogP contribution < -0.4 is 0 Å². The van der Waals surface area contributed by atoms with Gasteiger partial charge in [0.25, 0.3) is 0 Å². The van der Waals surface area contributed by atoms with Crippen LogP contribution in [0.5, 0.6) is 0 Å². The summed E-state index contributed by atoms with van der Waals surface area (Å²) in [5.41, 5.74) is 0. The minimum Gasteiger partial charge on any atom is -0.378 e. The molecule has 1 amide bonds. The molecule has 1 heterocycles. The summed E-state index contributed by atoms with van der Waals surface area (Å²) >= 11 is 0. The fourth-order valence-electron chi connectivity index (χ4n) is 2.27. The highest BCUT2D eigenvalue weighted by molar-refractivity contribution is 7.92. The Morgan fingerprint density at radius 2 is 1.65 bits per heavy atom. The number of rotatable bonds is 9. The molecule has 0 aliphatic carbocycles. The first-order valence-corrected chi connectivity index (χ1v) is 9.43. The van der Waals surface area contributed by atoms with Gasteiger partial charge in [-0.25, -0.2) is 8.42 Å². The average molecular weight is 305 g/mol. The molecule has 0 radical (unpaired) electrons. The van der Waals surface area contributed by atoms with Crippen molar-refractivity contribution in [2.45, 2.75) is 45.4 Å². The molecule has 0 unspecified atom stereocenters. The second-order valence-corrected chi connectivity index (χ2v) is 7.54. The van der Waals surface area contributed by atoms with E-state index in [-0.39, 0.29) is 17.4 Å². The average Bonchev–Trinajstić information content (AvgIpc) is 2.43. The monoisotopic (exact) mass is 305 g/mol. The van der Waals surface area contributed by atoms with Crippen LogP contribution in [0, 0.1) is 0 Å². The van der Waals surface area contributed by atoms with Crippen molar-refractivity contribution in [3.63, 3.8) is 0 Å². The zero-order chi connectivity index (χ0) is 14.8. The smallest absolute Gasteiger partial charge is 0.237 e. The number of unbranched alkanes of at least 4 members (excludes halogenated alkanes) is 5. The second kappa shape index (κ2) is 9.34. The molecule has 1 aliphatic rings. The van der Waals surface area contributed by atoms with E-state index in [1.807, 2.05) is 0 Å². The Balaban J connectivity index is 2.21. The number of carbonyl (C=O) groups excluding carboxylic acids is 1. The van der Waals surface area contributed by atoms with E-state index < -0.39 is 9.84 Å². The number of ether oxygens (including phenoxy) is 1. The summed E-state index contributed by atoms with van der Waals surface area (Å²) in [6, 6.07) is 0. The summed E-state index contributed by atoms with van der Waals surface area (Å²) in [6.45, 7) is 4.17. The van der Waals surface area contributed by atoms with Crippen molar-refractivity contribution in [3.8, 4) is 0 Å². The Morgan fingerprint density at radius 1 is 1.05 bits per heavy atom. The van der Waals surface area contributed by atoms with Gasteiger partial charge in [0.15, 0.2) is 9.84 Å². The third-order valence-electron chi connectivity index (χ3n) is 3.52. The van der Waals surface area contributed by atoms with Crippen molar-refractivity contribution in [1.29, 1.82) is 0 Å². The Hall–Kier alpha value is -0.620. The largest absolute Gasteiger partial charge is 0.378 e. The molecule has 0 bridgehead atoms. The molecule has 6 heteroatoms. The zero-order valence-electron chi connectivity index (χ0n) is 12.5. The third-order valence-corrected chi connectivity index (χ3v) is 5.11. The van der Waals surface area contributed by atoms with Gasteiger partial charge in [-0.3, -0.25) is 4.79 Å². The van der Waals surface area contributed by atoms with Crippen LogP contribution in [0.2, 0.25) is 0 Å². The predicted molar refractivity (Wildman–Crippen MR) is 79.4 cm³/mol. The molecule has 118 valence electrons. The van der Waals surface area contributed by atoms with Gasteiger partial charge in [0.2, 0.25) is 5.91 Å². The molecule has 1 fully saturated rings. The first-order chi connectivity index (χ1) is 9.55. The van der Waals surface area contributed by atoms with E-state index in [1.54, 1.807) is 4.90 Å². The van der Waals surface area contributed by atoms with Gasteiger partial charge in [0, 0.05) is 13.1 Å². The van der Waals surface area contributed by atoms with Crippen LogP contribution in [0.3, 0.4) is 0 Å². The van der Waals surface area contributed by atoms with Gasteiger partial charge in [0.1, 0.15) is 5.75 Å². The molecule has 0 aromatic heterocycles. The number of morpholine rings is 1. The fraction of sp³-hybridized carbons (Fsp3) is 0.929. The van der Waals surface area contributed by atoms with Crippen LogP contribution in [0.25, 0.3) is 0 Å². The van der Waals surface area contributed by atoms with E-state index in [0.717, 1.165) is 12.8 Å². The van der Waals surface area contributed by atoms with Gasteiger partial charge in [-0.15, -0.1) is 0 Å². The SMILES string of the molecule is CCCCCCCCS(=O)(=O)CC(=O)N1CCOCC1. The predicted octanol–water partition coefficient (Wildman–Crippen LogP) is 1.62. The molecule has 5 nitrogen and oxygen atoms in total. The first-order valence-electron chi connectivity index (χ1n) is 7.61. The van der Waals surface area contributed by atoms with Crippen molar-refractivity contribution < 1.29 is 17.9 Å². The molecule has 20 heavy (non-hydrogen) atoms. The van der Waals surface area contributed by atoms with E-state index in [0.29, 0.717) is 32.7 Å². The molecule has 0 aromatic rings. The maximum atomic E-state index is 11.9. The lowest BCUT2D eigenvalue weighted by Crippen LogP contribution is -2.43. The summed E-state index contributed by atoms with van der Waals surface area (Å²) in [4.78, 5) is 13.5. The number of amides is 1. The first kappa shape index (κ1) is 17.4. The van der Waals surface area contributed by atoms with Gasteiger partial charge in [0.05, 0.1) is 19.0 Å². The zero-order valence-corrected chi connectivity index (χ0v) is 13.3. The topological polar surface area (TPSA) is 63.7 Å². The molecule has 0 saturated carbocycles. The highest BCUT2D eigenvalue weighted by Crippen LogP contribution is 2.08. The Morgan fingerprint density at radius 3 is 2.30 bits per heavy atom. The minimum absolute atomic E-state index is 0.134. The summed E-state index contributed by atoms with van der Waals surface area (Å²) < 4.78 is 28.9. The van der Waals surface area contributed by atoms with E-state index in [1.165, 1.54) is 19.3 Å². The Bertz CT molecular complexity index is 375. The van der Waals surface area contributed by atoms with Crippen LogP contribution in [0.15, 0.2) is 0 Å². The molecule has 1 aliphatic heterocycles. The summed E-state index contributed by atoms with van der Waals surface area (Å²) in [5.74, 6) is -0.490. The van der Waals surface area contributed by atoms with Crippen molar-refractivity contribution >= 4 is 15.7 Å². The lowest BCUT2D eigenvalue weighted by Gasteiger charge is -2.26. The summed E-state index contributed by atoms with van der Waals surface area (Å²) in [7, 11) is -3.25. The molecular weight excluding hydrogens is 278 g/mol. The maximum Gasteiger partial charge on any atom is 0.237 e. The number of hydrogen-bond donors (Lipinski definition) is 0. The van der Waals surface area contributed by atoms with Crippen molar-refractivity contribution in [2.75, 3.05) is 37.8 Å². The number of hydrogen-bond acceptors (Lipinski definition) is 4. The fourth-order valence-corrected chi connectivity index (χ4v) is 3.61. The quantitative estimate of drug-likeness (QED) is 0.607. The lowest BCUT2D eigenvalue weighted by molar-refractivity contribution is -0.132. The van der Waals surface area contributed by atoms with Crippen LogP contribution >= 0.6 is 0 Å². The molecule has 0 aromatic carbocycles. The van der Waals surface area contributed by atoms with Crippen LogP contribution in [0.4, 0.5) is 0 Å². The standard InChI is InChI=1S/C14H27NO4S/c1-2-3-4-5-6-7-12-20(17,18)13-14(16)15-8-10-19-11-9-15/h2-13H2,1H3. The molecule has 1 saturated heterocycles. The lowest BCUT2D eigenvalue weighted by atomic mass is 10.1. The van der Waals surface area contributed by atoms with Gasteiger partial charge in [-0.1, -0.05) is 39.0 Å². The van der Waals surface area contributed by atoms with Crippen LogP contribution in [-0.4, -0.2) is 57.0 Å². The maximum absolute atomic E-state index is 11.9.